The highest BCUT2D eigenvalue weighted by atomic mass is 16.6. The minimum Gasteiger partial charge on any atom is -0.399 e. The van der Waals surface area contributed by atoms with Gasteiger partial charge in [-0.25, -0.2) is 0 Å². The molecular formula is C27H27N3O3. The lowest BCUT2D eigenvalue weighted by Gasteiger charge is -2.24. The highest BCUT2D eigenvalue weighted by Crippen LogP contribution is 2.25. The molecule has 1 N–H and O–H groups in total. The first-order valence-electron chi connectivity index (χ1n) is 11.0. The van der Waals surface area contributed by atoms with Gasteiger partial charge in [-0.1, -0.05) is 59.8 Å². The minimum absolute atomic E-state index is 0.0911. The van der Waals surface area contributed by atoms with E-state index < -0.39 is 0 Å². The molecule has 1 heterocycles. The molecule has 3 aromatic carbocycles. The number of aryl methyl sites for hydroxylation is 1. The van der Waals surface area contributed by atoms with Gasteiger partial charge < -0.3 is 15.1 Å². The van der Waals surface area contributed by atoms with Crippen molar-refractivity contribution in [2.45, 2.75) is 19.4 Å². The molecule has 4 rings (SSSR count). The molecule has 1 fully saturated rings. The molecule has 1 atom stereocenters. The Labute approximate surface area is 193 Å². The number of oxime groups is 1. The first kappa shape index (κ1) is 22.3. The monoisotopic (exact) mass is 441 g/mol. The highest BCUT2D eigenvalue weighted by Gasteiger charge is 2.34. The van der Waals surface area contributed by atoms with E-state index >= 15 is 0 Å². The average molecular weight is 442 g/mol. The number of likely N-dealkylation sites (tertiary alicyclic amines) is 1. The highest BCUT2D eigenvalue weighted by molar-refractivity contribution is 6.01. The van der Waals surface area contributed by atoms with Crippen molar-refractivity contribution in [2.75, 3.05) is 20.2 Å². The Morgan fingerprint density at radius 2 is 1.67 bits per heavy atom. The zero-order valence-electron chi connectivity index (χ0n) is 18.8. The average Bonchev–Trinajstić information content (AvgIpc) is 3.26. The van der Waals surface area contributed by atoms with Crippen LogP contribution in [-0.2, 0) is 4.84 Å². The van der Waals surface area contributed by atoms with Gasteiger partial charge in [-0.2, -0.15) is 0 Å². The van der Waals surface area contributed by atoms with Gasteiger partial charge in [0.1, 0.15) is 7.11 Å². The molecule has 0 bridgehead atoms. The summed E-state index contributed by atoms with van der Waals surface area (Å²) in [5.41, 5.74) is 5.37. The maximum atomic E-state index is 13.4. The molecule has 0 aromatic heterocycles. The Morgan fingerprint density at radius 3 is 2.36 bits per heavy atom. The summed E-state index contributed by atoms with van der Waals surface area (Å²) in [6, 6.07) is 24.7. The predicted octanol–water partition coefficient (Wildman–Crippen LogP) is 4.31. The van der Waals surface area contributed by atoms with E-state index in [-0.39, 0.29) is 17.9 Å². The van der Waals surface area contributed by atoms with Gasteiger partial charge in [0.2, 0.25) is 0 Å². The summed E-state index contributed by atoms with van der Waals surface area (Å²) in [5, 5.41) is 7.01. The van der Waals surface area contributed by atoms with Crippen molar-refractivity contribution >= 4 is 17.5 Å². The number of nitrogens with one attached hydrogen (secondary N) is 1. The molecule has 0 spiro atoms. The van der Waals surface area contributed by atoms with Crippen molar-refractivity contribution in [3.8, 4) is 11.1 Å². The zero-order valence-corrected chi connectivity index (χ0v) is 18.8. The van der Waals surface area contributed by atoms with Crippen molar-refractivity contribution in [3.05, 3.63) is 95.6 Å². The fourth-order valence-electron chi connectivity index (χ4n) is 4.14. The molecule has 0 radical (unpaired) electrons. The van der Waals surface area contributed by atoms with Gasteiger partial charge in [0.05, 0.1) is 18.3 Å². The summed E-state index contributed by atoms with van der Waals surface area (Å²) in [4.78, 5) is 32.5. The van der Waals surface area contributed by atoms with Gasteiger partial charge >= 0.3 is 0 Å². The molecule has 3 aromatic rings. The summed E-state index contributed by atoms with van der Waals surface area (Å²) in [5.74, 6) is -0.255. The van der Waals surface area contributed by atoms with E-state index in [1.807, 2.05) is 54.6 Å². The number of nitrogens with zero attached hydrogens (tertiary/aromatic N) is 2. The molecule has 1 unspecified atom stereocenters. The van der Waals surface area contributed by atoms with Crippen LogP contribution in [0.4, 0.5) is 0 Å². The number of carbonyl (C=O) groups excluding carboxylic acids is 2. The van der Waals surface area contributed by atoms with Gasteiger partial charge in [-0.15, -0.1) is 0 Å². The zero-order chi connectivity index (χ0) is 23.2. The summed E-state index contributed by atoms with van der Waals surface area (Å²) in [7, 11) is 1.49. The van der Waals surface area contributed by atoms with Crippen LogP contribution in [0.1, 0.15) is 32.7 Å². The largest absolute Gasteiger partial charge is 0.399 e. The van der Waals surface area contributed by atoms with Gasteiger partial charge in [0.25, 0.3) is 11.8 Å². The lowest BCUT2D eigenvalue weighted by atomic mass is 9.99. The quantitative estimate of drug-likeness (QED) is 0.580. The lowest BCUT2D eigenvalue weighted by Crippen LogP contribution is -2.43. The molecule has 1 aliphatic rings. The Hall–Kier alpha value is -3.93. The molecule has 33 heavy (non-hydrogen) atoms. The van der Waals surface area contributed by atoms with E-state index in [9.17, 15) is 9.59 Å². The van der Waals surface area contributed by atoms with Gasteiger partial charge in [-0.05, 0) is 47.9 Å². The molecule has 1 aliphatic heterocycles. The summed E-state index contributed by atoms with van der Waals surface area (Å²) < 4.78 is 0. The van der Waals surface area contributed by atoms with Crippen molar-refractivity contribution < 1.29 is 14.4 Å². The molecule has 0 aliphatic carbocycles. The minimum atomic E-state index is -0.199. The number of amides is 2. The SMILES string of the molecule is CO/N=C1\CC(CNC(=O)c2ccccc2)N(C(=O)c2ccc(-c3ccccc3C)cc2)C1. The molecule has 6 heteroatoms. The molecule has 168 valence electrons. The van der Waals surface area contributed by atoms with E-state index in [1.165, 1.54) is 12.7 Å². The third-order valence-corrected chi connectivity index (χ3v) is 5.87. The van der Waals surface area contributed by atoms with E-state index in [1.54, 1.807) is 17.0 Å². The lowest BCUT2D eigenvalue weighted by molar-refractivity contribution is 0.0728. The van der Waals surface area contributed by atoms with Crippen LogP contribution in [-0.4, -0.2) is 48.7 Å². The van der Waals surface area contributed by atoms with E-state index in [0.717, 1.165) is 16.8 Å². The molecule has 2 amide bonds. The number of benzene rings is 3. The Bertz CT molecular complexity index is 1160. The normalized spacial score (nSPS) is 16.6. The van der Waals surface area contributed by atoms with E-state index in [2.05, 4.69) is 29.5 Å². The number of carbonyl (C=O) groups is 2. The Balaban J connectivity index is 1.49. The van der Waals surface area contributed by atoms with Crippen LogP contribution in [0.25, 0.3) is 11.1 Å². The fraction of sp³-hybridized carbons (Fsp3) is 0.222. The van der Waals surface area contributed by atoms with Crippen molar-refractivity contribution in [2.24, 2.45) is 5.16 Å². The van der Waals surface area contributed by atoms with E-state index in [4.69, 9.17) is 4.84 Å². The standard InChI is InChI=1S/C27H27N3O3/c1-19-8-6-7-11-25(19)20-12-14-22(15-13-20)27(32)30-18-23(29-33-2)16-24(30)17-28-26(31)21-9-4-3-5-10-21/h3-15,24H,16-18H2,1-2H3,(H,28,31)/b29-23+. The second-order valence-corrected chi connectivity index (χ2v) is 8.10. The third kappa shape index (κ3) is 5.12. The smallest absolute Gasteiger partial charge is 0.254 e. The second kappa shape index (κ2) is 10.1. The van der Waals surface area contributed by atoms with Crippen LogP contribution < -0.4 is 5.32 Å². The van der Waals surface area contributed by atoms with Crippen LogP contribution in [0.2, 0.25) is 0 Å². The van der Waals surface area contributed by atoms with Crippen LogP contribution in [0.5, 0.6) is 0 Å². The van der Waals surface area contributed by atoms with E-state index in [0.29, 0.717) is 30.6 Å². The number of hydrogen-bond donors (Lipinski definition) is 1. The van der Waals surface area contributed by atoms with Crippen LogP contribution in [0.3, 0.4) is 0 Å². The Morgan fingerprint density at radius 1 is 0.970 bits per heavy atom. The van der Waals surface area contributed by atoms with Crippen LogP contribution in [0.15, 0.2) is 84.0 Å². The number of hydrogen-bond acceptors (Lipinski definition) is 4. The van der Waals surface area contributed by atoms with Gasteiger partial charge in [0.15, 0.2) is 0 Å². The number of rotatable bonds is 6. The molecule has 6 nitrogen and oxygen atoms in total. The molecule has 1 saturated heterocycles. The first-order chi connectivity index (χ1) is 16.1. The van der Waals surface area contributed by atoms with Gasteiger partial charge in [-0.3, -0.25) is 9.59 Å². The molecular weight excluding hydrogens is 414 g/mol. The topological polar surface area (TPSA) is 71.0 Å². The second-order valence-electron chi connectivity index (χ2n) is 8.10. The maximum Gasteiger partial charge on any atom is 0.254 e. The van der Waals surface area contributed by atoms with Crippen molar-refractivity contribution in [1.82, 2.24) is 10.2 Å². The fourth-order valence-corrected chi connectivity index (χ4v) is 4.14. The summed E-state index contributed by atoms with van der Waals surface area (Å²) >= 11 is 0. The third-order valence-electron chi connectivity index (χ3n) is 5.87. The van der Waals surface area contributed by atoms with Crippen LogP contribution in [0, 0.1) is 6.92 Å². The van der Waals surface area contributed by atoms with Crippen molar-refractivity contribution in [1.29, 1.82) is 0 Å². The van der Waals surface area contributed by atoms with Crippen molar-refractivity contribution in [3.63, 3.8) is 0 Å². The first-order valence-corrected chi connectivity index (χ1v) is 11.0. The Kier molecular flexibility index (Phi) is 6.83. The van der Waals surface area contributed by atoms with Crippen LogP contribution >= 0.6 is 0 Å². The van der Waals surface area contributed by atoms with Gasteiger partial charge in [0, 0.05) is 24.1 Å². The summed E-state index contributed by atoms with van der Waals surface area (Å²) in [6.45, 7) is 2.78. The summed E-state index contributed by atoms with van der Waals surface area (Å²) in [6.07, 6.45) is 0.552. The predicted molar refractivity (Wildman–Crippen MR) is 129 cm³/mol. The maximum absolute atomic E-state index is 13.4. The molecule has 0 saturated carbocycles.